The highest BCUT2D eigenvalue weighted by Gasteiger charge is 2.04. The van der Waals surface area contributed by atoms with Gasteiger partial charge >= 0.3 is 6.03 Å². The van der Waals surface area contributed by atoms with Crippen LogP contribution in [0.2, 0.25) is 0 Å². The fourth-order valence-corrected chi connectivity index (χ4v) is 1.60. The quantitative estimate of drug-likeness (QED) is 0.788. The van der Waals surface area contributed by atoms with Crippen molar-refractivity contribution in [1.29, 1.82) is 0 Å². The number of carbonyl (C=O) groups excluding carboxylic acids is 1. The topological polar surface area (TPSA) is 61.4 Å². The van der Waals surface area contributed by atoms with E-state index in [1.165, 1.54) is 0 Å². The van der Waals surface area contributed by atoms with Crippen molar-refractivity contribution in [3.8, 4) is 0 Å². The first-order valence-corrected chi connectivity index (χ1v) is 5.81. The van der Waals surface area contributed by atoms with Crippen molar-refractivity contribution in [3.63, 3.8) is 0 Å². The largest absolute Gasteiger partial charge is 0.394 e. The second-order valence-electron chi connectivity index (χ2n) is 3.54. The van der Waals surface area contributed by atoms with E-state index in [9.17, 15) is 4.79 Å². The summed E-state index contributed by atoms with van der Waals surface area (Å²) in [6, 6.07) is 7.20. The van der Waals surface area contributed by atoms with Crippen molar-refractivity contribution >= 4 is 22.0 Å². The second kappa shape index (κ2) is 6.50. The van der Waals surface area contributed by atoms with Gasteiger partial charge in [0.15, 0.2) is 0 Å². The summed E-state index contributed by atoms with van der Waals surface area (Å²) in [4.78, 5) is 11.3. The molecule has 5 heteroatoms. The first-order valence-electron chi connectivity index (χ1n) is 5.01. The van der Waals surface area contributed by atoms with E-state index in [-0.39, 0.29) is 18.7 Å². The highest BCUT2D eigenvalue weighted by Crippen LogP contribution is 2.11. The van der Waals surface area contributed by atoms with E-state index in [0.29, 0.717) is 6.54 Å². The van der Waals surface area contributed by atoms with E-state index in [1.807, 2.05) is 24.3 Å². The number of halogens is 1. The Morgan fingerprint density at radius 3 is 2.94 bits per heavy atom. The van der Waals surface area contributed by atoms with E-state index in [1.54, 1.807) is 6.92 Å². The monoisotopic (exact) mass is 286 g/mol. The van der Waals surface area contributed by atoms with Gasteiger partial charge in [-0.1, -0.05) is 28.1 Å². The van der Waals surface area contributed by atoms with Gasteiger partial charge < -0.3 is 15.7 Å². The van der Waals surface area contributed by atoms with Crippen molar-refractivity contribution in [2.45, 2.75) is 19.5 Å². The van der Waals surface area contributed by atoms with E-state index < -0.39 is 0 Å². The SMILES string of the molecule is CC(CO)NC(=O)NCc1cccc(Br)c1. The third kappa shape index (κ3) is 4.63. The van der Waals surface area contributed by atoms with Crippen LogP contribution in [0.1, 0.15) is 12.5 Å². The molecule has 1 atom stereocenters. The van der Waals surface area contributed by atoms with Gasteiger partial charge in [0.25, 0.3) is 0 Å². The lowest BCUT2D eigenvalue weighted by Crippen LogP contribution is -2.41. The summed E-state index contributed by atoms with van der Waals surface area (Å²) < 4.78 is 0.982. The Morgan fingerprint density at radius 2 is 2.31 bits per heavy atom. The molecular weight excluding hydrogens is 272 g/mol. The predicted octanol–water partition coefficient (Wildman–Crippen LogP) is 1.63. The lowest BCUT2D eigenvalue weighted by Gasteiger charge is -2.12. The molecule has 0 spiro atoms. The summed E-state index contributed by atoms with van der Waals surface area (Å²) >= 11 is 3.36. The number of benzene rings is 1. The molecule has 0 heterocycles. The summed E-state index contributed by atoms with van der Waals surface area (Å²) in [5, 5.41) is 14.1. The minimum Gasteiger partial charge on any atom is -0.394 e. The Labute approximate surface area is 103 Å². The average molecular weight is 287 g/mol. The van der Waals surface area contributed by atoms with Gasteiger partial charge in [-0.05, 0) is 24.6 Å². The van der Waals surface area contributed by atoms with Crippen molar-refractivity contribution in [2.75, 3.05) is 6.61 Å². The zero-order valence-electron chi connectivity index (χ0n) is 9.03. The summed E-state index contributed by atoms with van der Waals surface area (Å²) in [6.07, 6.45) is 0. The molecule has 0 aliphatic carbocycles. The van der Waals surface area contributed by atoms with E-state index >= 15 is 0 Å². The Kier molecular flexibility index (Phi) is 5.28. The Hall–Kier alpha value is -1.07. The molecule has 1 aromatic carbocycles. The van der Waals surface area contributed by atoms with Gasteiger partial charge in [-0.3, -0.25) is 0 Å². The average Bonchev–Trinajstić information content (AvgIpc) is 2.26. The Balaban J connectivity index is 2.37. The molecule has 0 bridgehead atoms. The molecule has 0 fully saturated rings. The molecule has 16 heavy (non-hydrogen) atoms. The summed E-state index contributed by atoms with van der Waals surface area (Å²) in [7, 11) is 0. The van der Waals surface area contributed by atoms with Gasteiger partial charge in [0.1, 0.15) is 0 Å². The van der Waals surface area contributed by atoms with Gasteiger partial charge in [0.05, 0.1) is 12.6 Å². The minimum atomic E-state index is -0.276. The third-order valence-electron chi connectivity index (χ3n) is 1.99. The zero-order chi connectivity index (χ0) is 12.0. The Morgan fingerprint density at radius 1 is 1.56 bits per heavy atom. The molecule has 2 amide bonds. The van der Waals surface area contributed by atoms with Crippen LogP contribution in [0.15, 0.2) is 28.7 Å². The van der Waals surface area contributed by atoms with Gasteiger partial charge in [0, 0.05) is 11.0 Å². The number of nitrogens with one attached hydrogen (secondary N) is 2. The zero-order valence-corrected chi connectivity index (χ0v) is 10.6. The summed E-state index contributed by atoms with van der Waals surface area (Å²) in [6.45, 7) is 2.13. The first kappa shape index (κ1) is 13.0. The van der Waals surface area contributed by atoms with E-state index in [4.69, 9.17) is 5.11 Å². The van der Waals surface area contributed by atoms with Crippen LogP contribution < -0.4 is 10.6 Å². The summed E-state index contributed by atoms with van der Waals surface area (Å²) in [5.74, 6) is 0. The number of aliphatic hydroxyl groups excluding tert-OH is 1. The van der Waals surface area contributed by atoms with Crippen LogP contribution in [0, 0.1) is 0 Å². The number of amides is 2. The highest BCUT2D eigenvalue weighted by molar-refractivity contribution is 9.10. The molecule has 3 N–H and O–H groups in total. The molecule has 1 unspecified atom stereocenters. The lowest BCUT2D eigenvalue weighted by molar-refractivity contribution is 0.220. The van der Waals surface area contributed by atoms with E-state index in [2.05, 4.69) is 26.6 Å². The normalized spacial score (nSPS) is 11.9. The Bertz CT molecular complexity index is 358. The van der Waals surface area contributed by atoms with E-state index in [0.717, 1.165) is 10.0 Å². The number of urea groups is 1. The third-order valence-corrected chi connectivity index (χ3v) is 2.49. The molecule has 0 aliphatic heterocycles. The molecule has 0 saturated heterocycles. The number of hydrogen-bond donors (Lipinski definition) is 3. The maximum Gasteiger partial charge on any atom is 0.315 e. The molecule has 0 saturated carbocycles. The van der Waals surface area contributed by atoms with Crippen LogP contribution in [0.25, 0.3) is 0 Å². The molecule has 0 aliphatic rings. The van der Waals surface area contributed by atoms with Gasteiger partial charge in [-0.25, -0.2) is 4.79 Å². The smallest absolute Gasteiger partial charge is 0.315 e. The number of hydrogen-bond acceptors (Lipinski definition) is 2. The number of rotatable bonds is 4. The molecule has 4 nitrogen and oxygen atoms in total. The lowest BCUT2D eigenvalue weighted by atomic mass is 10.2. The molecule has 88 valence electrons. The van der Waals surface area contributed by atoms with Crippen molar-refractivity contribution in [2.24, 2.45) is 0 Å². The van der Waals surface area contributed by atoms with Crippen LogP contribution in [0.5, 0.6) is 0 Å². The van der Waals surface area contributed by atoms with Crippen molar-refractivity contribution in [3.05, 3.63) is 34.3 Å². The van der Waals surface area contributed by atoms with Crippen molar-refractivity contribution in [1.82, 2.24) is 10.6 Å². The van der Waals surface area contributed by atoms with Crippen LogP contribution in [-0.2, 0) is 6.54 Å². The van der Waals surface area contributed by atoms with Gasteiger partial charge in [-0.15, -0.1) is 0 Å². The van der Waals surface area contributed by atoms with Crippen molar-refractivity contribution < 1.29 is 9.90 Å². The highest BCUT2D eigenvalue weighted by atomic mass is 79.9. The van der Waals surface area contributed by atoms with Crippen LogP contribution >= 0.6 is 15.9 Å². The standard InChI is InChI=1S/C11H15BrN2O2/c1-8(7-15)14-11(16)13-6-9-3-2-4-10(12)5-9/h2-5,8,15H,6-7H2,1H3,(H2,13,14,16). The molecule has 1 aromatic rings. The maximum atomic E-state index is 11.3. The number of carbonyl (C=O) groups is 1. The first-order chi connectivity index (χ1) is 7.61. The molecule has 0 radical (unpaired) electrons. The maximum absolute atomic E-state index is 11.3. The number of aliphatic hydroxyl groups is 1. The second-order valence-corrected chi connectivity index (χ2v) is 4.46. The molecular formula is C11H15BrN2O2. The fraction of sp³-hybridized carbons (Fsp3) is 0.364. The van der Waals surface area contributed by atoms with Gasteiger partial charge in [-0.2, -0.15) is 0 Å². The predicted molar refractivity (Wildman–Crippen MR) is 66.1 cm³/mol. The fourth-order valence-electron chi connectivity index (χ4n) is 1.15. The molecule has 1 rings (SSSR count). The minimum absolute atomic E-state index is 0.0652. The van der Waals surface area contributed by atoms with Gasteiger partial charge in [0.2, 0.25) is 0 Å². The van der Waals surface area contributed by atoms with Crippen LogP contribution in [-0.4, -0.2) is 23.8 Å². The van der Waals surface area contributed by atoms with Crippen LogP contribution in [0.3, 0.4) is 0 Å². The molecule has 0 aromatic heterocycles. The summed E-state index contributed by atoms with van der Waals surface area (Å²) in [5.41, 5.74) is 1.01. The van der Waals surface area contributed by atoms with Crippen LogP contribution in [0.4, 0.5) is 4.79 Å².